The van der Waals surface area contributed by atoms with Crippen LogP contribution >= 0.6 is 0 Å². The summed E-state index contributed by atoms with van der Waals surface area (Å²) in [5.41, 5.74) is 0.552. The molecule has 21 heavy (non-hydrogen) atoms. The minimum atomic E-state index is -0.512. The van der Waals surface area contributed by atoms with Crippen LogP contribution in [0, 0.1) is 5.82 Å². The number of pyridine rings is 1. The number of likely N-dealkylation sites (tertiary alicyclic amines) is 1. The van der Waals surface area contributed by atoms with E-state index >= 15 is 0 Å². The van der Waals surface area contributed by atoms with Gasteiger partial charge >= 0.3 is 6.01 Å². The van der Waals surface area contributed by atoms with Gasteiger partial charge in [0.25, 0.3) is 5.91 Å². The van der Waals surface area contributed by atoms with Crippen LogP contribution in [0.4, 0.5) is 4.39 Å². The minimum Gasteiger partial charge on any atom is -0.458 e. The van der Waals surface area contributed by atoms with E-state index in [0.717, 1.165) is 12.4 Å². The quantitative estimate of drug-likeness (QED) is 0.851. The Morgan fingerprint density at radius 1 is 1.33 bits per heavy atom. The van der Waals surface area contributed by atoms with Gasteiger partial charge in [0.15, 0.2) is 5.82 Å². The molecule has 1 fully saturated rings. The first-order valence-corrected chi connectivity index (χ1v) is 6.56. The topological polar surface area (TPSA) is 68.2 Å². The number of carbonyl (C=O) groups is 1. The summed E-state index contributed by atoms with van der Waals surface area (Å²) < 4.78 is 18.3. The Morgan fingerprint density at radius 2 is 2.14 bits per heavy atom. The van der Waals surface area contributed by atoms with E-state index in [1.165, 1.54) is 0 Å². The number of carbonyl (C=O) groups excluding carboxylic acids is 1. The Balaban J connectivity index is 1.60. The first-order valence-electron chi connectivity index (χ1n) is 6.56. The minimum absolute atomic E-state index is 0.0748. The monoisotopic (exact) mass is 288 g/mol. The first-order chi connectivity index (χ1) is 10.2. The fraction of sp³-hybridized carbons (Fsp3) is 0.286. The van der Waals surface area contributed by atoms with Gasteiger partial charge in [0.1, 0.15) is 6.10 Å². The highest BCUT2D eigenvalue weighted by molar-refractivity contribution is 5.94. The normalized spacial score (nSPS) is 17.8. The molecule has 1 amide bonds. The predicted molar refractivity (Wildman–Crippen MR) is 71.2 cm³/mol. The lowest BCUT2D eigenvalue weighted by molar-refractivity contribution is 0.0769. The summed E-state index contributed by atoms with van der Waals surface area (Å²) >= 11 is 0. The van der Waals surface area contributed by atoms with E-state index in [1.807, 2.05) is 0 Å². The van der Waals surface area contributed by atoms with Gasteiger partial charge in [-0.05, 0) is 12.1 Å². The molecule has 0 radical (unpaired) electrons. The average Bonchev–Trinajstić information content (AvgIpc) is 2.98. The number of amides is 1. The van der Waals surface area contributed by atoms with E-state index in [2.05, 4.69) is 15.0 Å². The Morgan fingerprint density at radius 3 is 2.86 bits per heavy atom. The van der Waals surface area contributed by atoms with Crippen molar-refractivity contribution >= 4 is 5.91 Å². The second-order valence-electron chi connectivity index (χ2n) is 4.71. The van der Waals surface area contributed by atoms with Crippen molar-refractivity contribution < 1.29 is 13.9 Å². The smallest absolute Gasteiger partial charge is 0.316 e. The molecule has 2 aromatic rings. The van der Waals surface area contributed by atoms with Crippen molar-refractivity contribution in [1.82, 2.24) is 19.9 Å². The molecule has 0 aromatic carbocycles. The van der Waals surface area contributed by atoms with Crippen LogP contribution in [-0.4, -0.2) is 45.0 Å². The number of hydrogen-bond donors (Lipinski definition) is 0. The maximum atomic E-state index is 12.7. The van der Waals surface area contributed by atoms with Crippen LogP contribution in [0.15, 0.2) is 36.9 Å². The fourth-order valence-electron chi connectivity index (χ4n) is 2.19. The van der Waals surface area contributed by atoms with Crippen molar-refractivity contribution in [2.75, 3.05) is 13.1 Å². The molecule has 0 bridgehead atoms. The number of nitrogens with zero attached hydrogens (tertiary/aromatic N) is 4. The van der Waals surface area contributed by atoms with E-state index < -0.39 is 5.82 Å². The molecular formula is C14H13FN4O2. The van der Waals surface area contributed by atoms with Gasteiger partial charge in [-0.15, -0.1) is 0 Å². The standard InChI is InChI=1S/C14H13FN4O2/c15-11-7-17-14(18-8-11)21-12-3-5-19(9-12)13(20)10-2-1-4-16-6-10/h1-2,4,6-8,12H,3,5,9H2. The van der Waals surface area contributed by atoms with Gasteiger partial charge in [-0.1, -0.05) is 0 Å². The summed E-state index contributed by atoms with van der Waals surface area (Å²) in [6, 6.07) is 3.58. The Bertz CT molecular complexity index is 621. The van der Waals surface area contributed by atoms with Crippen LogP contribution in [0.3, 0.4) is 0 Å². The number of aromatic nitrogens is 3. The van der Waals surface area contributed by atoms with Crippen LogP contribution < -0.4 is 4.74 Å². The Kier molecular flexibility index (Phi) is 3.72. The van der Waals surface area contributed by atoms with E-state index in [0.29, 0.717) is 25.1 Å². The molecule has 2 aromatic heterocycles. The van der Waals surface area contributed by atoms with E-state index in [1.54, 1.807) is 29.4 Å². The van der Waals surface area contributed by atoms with Crippen molar-refractivity contribution in [3.63, 3.8) is 0 Å². The van der Waals surface area contributed by atoms with E-state index in [4.69, 9.17) is 4.74 Å². The van der Waals surface area contributed by atoms with Crippen LogP contribution in [0.2, 0.25) is 0 Å². The number of halogens is 1. The third kappa shape index (κ3) is 3.13. The van der Waals surface area contributed by atoms with Crippen molar-refractivity contribution in [3.8, 4) is 6.01 Å². The van der Waals surface area contributed by atoms with Crippen LogP contribution in [0.1, 0.15) is 16.8 Å². The molecule has 0 N–H and O–H groups in total. The molecule has 108 valence electrons. The van der Waals surface area contributed by atoms with Gasteiger partial charge < -0.3 is 9.64 Å². The third-order valence-corrected chi connectivity index (χ3v) is 3.21. The van der Waals surface area contributed by atoms with Gasteiger partial charge in [0, 0.05) is 25.4 Å². The second kappa shape index (κ2) is 5.82. The largest absolute Gasteiger partial charge is 0.458 e. The van der Waals surface area contributed by atoms with Crippen LogP contribution in [0.5, 0.6) is 6.01 Å². The molecule has 1 aliphatic heterocycles. The fourth-order valence-corrected chi connectivity index (χ4v) is 2.19. The summed E-state index contributed by atoms with van der Waals surface area (Å²) in [5, 5.41) is 0. The summed E-state index contributed by atoms with van der Waals surface area (Å²) in [6.07, 6.45) is 5.77. The van der Waals surface area contributed by atoms with E-state index in [9.17, 15) is 9.18 Å². The maximum Gasteiger partial charge on any atom is 0.316 e. The predicted octanol–water partition coefficient (Wildman–Crippen LogP) is 1.30. The van der Waals surface area contributed by atoms with Crippen LogP contribution in [0.25, 0.3) is 0 Å². The first kappa shape index (κ1) is 13.4. The number of rotatable bonds is 3. The van der Waals surface area contributed by atoms with Crippen molar-refractivity contribution in [2.24, 2.45) is 0 Å². The molecule has 1 unspecified atom stereocenters. The summed E-state index contributed by atoms with van der Waals surface area (Å²) in [5.74, 6) is -0.587. The molecule has 1 aliphatic rings. The zero-order chi connectivity index (χ0) is 14.7. The highest BCUT2D eigenvalue weighted by Gasteiger charge is 2.28. The number of ether oxygens (including phenoxy) is 1. The average molecular weight is 288 g/mol. The molecule has 6 nitrogen and oxygen atoms in total. The molecule has 1 atom stereocenters. The zero-order valence-electron chi connectivity index (χ0n) is 11.1. The molecule has 0 spiro atoms. The van der Waals surface area contributed by atoms with Crippen molar-refractivity contribution in [2.45, 2.75) is 12.5 Å². The molecule has 1 saturated heterocycles. The van der Waals surface area contributed by atoms with Crippen molar-refractivity contribution in [3.05, 3.63) is 48.3 Å². The van der Waals surface area contributed by atoms with Gasteiger partial charge in [-0.2, -0.15) is 0 Å². The zero-order valence-corrected chi connectivity index (χ0v) is 11.1. The molecule has 0 saturated carbocycles. The lowest BCUT2D eigenvalue weighted by Gasteiger charge is -2.16. The van der Waals surface area contributed by atoms with Gasteiger partial charge in [0.05, 0.1) is 24.5 Å². The molecule has 3 heterocycles. The van der Waals surface area contributed by atoms with Gasteiger partial charge in [-0.25, -0.2) is 14.4 Å². The molecule has 7 heteroatoms. The maximum absolute atomic E-state index is 12.7. The Labute approximate surface area is 120 Å². The summed E-state index contributed by atoms with van der Waals surface area (Å²) in [4.78, 5) is 25.4. The third-order valence-electron chi connectivity index (χ3n) is 3.21. The van der Waals surface area contributed by atoms with Gasteiger partial charge in [-0.3, -0.25) is 9.78 Å². The number of hydrogen-bond acceptors (Lipinski definition) is 5. The molecular weight excluding hydrogens is 275 g/mol. The molecule has 3 rings (SSSR count). The summed E-state index contributed by atoms with van der Waals surface area (Å²) in [6.45, 7) is 1.05. The molecule has 0 aliphatic carbocycles. The lowest BCUT2D eigenvalue weighted by Crippen LogP contribution is -2.31. The van der Waals surface area contributed by atoms with Gasteiger partial charge in [0.2, 0.25) is 0 Å². The second-order valence-corrected chi connectivity index (χ2v) is 4.71. The SMILES string of the molecule is O=C(c1cccnc1)N1CCC(Oc2ncc(F)cn2)C1. The van der Waals surface area contributed by atoms with Crippen molar-refractivity contribution in [1.29, 1.82) is 0 Å². The Hall–Kier alpha value is -2.57. The van der Waals surface area contributed by atoms with Crippen LogP contribution in [-0.2, 0) is 0 Å². The van der Waals surface area contributed by atoms with E-state index in [-0.39, 0.29) is 18.0 Å². The highest BCUT2D eigenvalue weighted by Crippen LogP contribution is 2.17. The lowest BCUT2D eigenvalue weighted by atomic mass is 10.2. The highest BCUT2D eigenvalue weighted by atomic mass is 19.1. The summed E-state index contributed by atoms with van der Waals surface area (Å²) in [7, 11) is 0.